The molecule has 2 fully saturated rings. The summed E-state index contributed by atoms with van der Waals surface area (Å²) in [6, 6.07) is 1.91. The normalized spacial score (nSPS) is 27.3. The van der Waals surface area contributed by atoms with Crippen LogP contribution in [0.1, 0.15) is 29.6 Å². The minimum atomic E-state index is -0.0471. The van der Waals surface area contributed by atoms with Gasteiger partial charge in [-0.05, 0) is 44.8 Å². The quantitative estimate of drug-likeness (QED) is 0.737. The van der Waals surface area contributed by atoms with Gasteiger partial charge in [0.15, 0.2) is 0 Å². The van der Waals surface area contributed by atoms with E-state index >= 15 is 0 Å². The van der Waals surface area contributed by atoms with Gasteiger partial charge in [0.1, 0.15) is 0 Å². The summed E-state index contributed by atoms with van der Waals surface area (Å²) in [6.45, 7) is 4.67. The molecule has 1 aromatic heterocycles. The number of thiophene rings is 1. The third-order valence-electron chi connectivity index (χ3n) is 5.12. The van der Waals surface area contributed by atoms with Gasteiger partial charge in [0.25, 0.3) is 5.91 Å². The molecule has 0 saturated carbocycles. The van der Waals surface area contributed by atoms with Crippen LogP contribution in [0, 0.1) is 5.41 Å². The second kappa shape index (κ2) is 7.95. The molecule has 0 aromatic carbocycles. The van der Waals surface area contributed by atoms with Gasteiger partial charge in [-0.25, -0.2) is 0 Å². The van der Waals surface area contributed by atoms with E-state index in [1.807, 2.05) is 21.7 Å². The van der Waals surface area contributed by atoms with Crippen molar-refractivity contribution in [2.45, 2.75) is 25.4 Å². The molecule has 5 nitrogen and oxygen atoms in total. The van der Waals surface area contributed by atoms with E-state index in [1.165, 1.54) is 0 Å². The van der Waals surface area contributed by atoms with E-state index in [4.69, 9.17) is 9.47 Å². The molecule has 0 bridgehead atoms. The summed E-state index contributed by atoms with van der Waals surface area (Å²) < 4.78 is 12.1. The van der Waals surface area contributed by atoms with Gasteiger partial charge in [0.2, 0.25) is 0 Å². The second-order valence-electron chi connectivity index (χ2n) is 7.21. The summed E-state index contributed by atoms with van der Waals surface area (Å²) >= 11 is 1.57. The molecule has 24 heavy (non-hydrogen) atoms. The first-order chi connectivity index (χ1) is 11.6. The third-order valence-corrected chi connectivity index (χ3v) is 5.80. The molecule has 0 aliphatic carbocycles. The number of hydrogen-bond donors (Lipinski definition) is 0. The summed E-state index contributed by atoms with van der Waals surface area (Å²) in [6.07, 6.45) is 3.26. The van der Waals surface area contributed by atoms with Crippen molar-refractivity contribution in [3.8, 4) is 0 Å². The zero-order valence-corrected chi connectivity index (χ0v) is 15.5. The Morgan fingerprint density at radius 3 is 3.17 bits per heavy atom. The fourth-order valence-corrected chi connectivity index (χ4v) is 4.40. The topological polar surface area (TPSA) is 42.0 Å². The number of ether oxygens (including phenoxy) is 2. The van der Waals surface area contributed by atoms with Crippen molar-refractivity contribution in [1.29, 1.82) is 0 Å². The highest BCUT2D eigenvalue weighted by molar-refractivity contribution is 7.08. The van der Waals surface area contributed by atoms with Crippen molar-refractivity contribution in [3.63, 3.8) is 0 Å². The lowest BCUT2D eigenvalue weighted by molar-refractivity contribution is -0.147. The van der Waals surface area contributed by atoms with E-state index in [0.29, 0.717) is 6.61 Å². The molecule has 0 unspecified atom stereocenters. The Labute approximate surface area is 148 Å². The van der Waals surface area contributed by atoms with Gasteiger partial charge >= 0.3 is 0 Å². The zero-order chi connectivity index (χ0) is 17.0. The van der Waals surface area contributed by atoms with Crippen LogP contribution in [0.3, 0.4) is 0 Å². The Morgan fingerprint density at radius 2 is 2.42 bits per heavy atom. The van der Waals surface area contributed by atoms with Crippen LogP contribution in [0.2, 0.25) is 0 Å². The molecule has 0 radical (unpaired) electrons. The standard InChI is InChI=1S/C18H28N2O3S/c1-19(2)8-10-22-14-18-6-3-9-23-16(18)4-7-20(13-18)17(21)15-5-11-24-12-15/h5,11-12,16H,3-4,6-10,13-14H2,1-2H3/t16-,18+/m1/s1. The Kier molecular flexibility index (Phi) is 5.92. The monoisotopic (exact) mass is 352 g/mol. The number of rotatable bonds is 6. The minimum Gasteiger partial charge on any atom is -0.379 e. The van der Waals surface area contributed by atoms with E-state index in [1.54, 1.807) is 11.3 Å². The number of hydrogen-bond acceptors (Lipinski definition) is 5. The molecule has 2 aliphatic rings. The molecule has 2 aliphatic heterocycles. The Morgan fingerprint density at radius 1 is 1.54 bits per heavy atom. The fraction of sp³-hybridized carbons (Fsp3) is 0.722. The van der Waals surface area contributed by atoms with Gasteiger partial charge in [0, 0.05) is 37.0 Å². The molecule has 134 valence electrons. The van der Waals surface area contributed by atoms with Gasteiger partial charge in [-0.15, -0.1) is 0 Å². The maximum atomic E-state index is 12.7. The molecule has 1 amide bonds. The molecule has 2 atom stereocenters. The van der Waals surface area contributed by atoms with E-state index in [-0.39, 0.29) is 17.4 Å². The number of amides is 1. The number of carbonyl (C=O) groups is 1. The summed E-state index contributed by atoms with van der Waals surface area (Å²) in [5.41, 5.74) is 0.757. The van der Waals surface area contributed by atoms with Gasteiger partial charge in [-0.2, -0.15) is 11.3 Å². The first kappa shape index (κ1) is 17.9. The van der Waals surface area contributed by atoms with Gasteiger partial charge < -0.3 is 19.3 Å². The predicted octanol–water partition coefficient (Wildman–Crippen LogP) is 2.34. The number of fused-ring (bicyclic) bond motifs is 1. The van der Waals surface area contributed by atoms with Crippen LogP contribution in [-0.4, -0.2) is 75.4 Å². The Bertz CT molecular complexity index is 534. The summed E-state index contributed by atoms with van der Waals surface area (Å²) in [7, 11) is 4.10. The van der Waals surface area contributed by atoms with Crippen molar-refractivity contribution in [1.82, 2.24) is 9.80 Å². The van der Waals surface area contributed by atoms with Gasteiger partial charge in [-0.3, -0.25) is 4.79 Å². The maximum absolute atomic E-state index is 12.7. The number of piperidine rings is 1. The highest BCUT2D eigenvalue weighted by atomic mass is 32.1. The van der Waals surface area contributed by atoms with Crippen LogP contribution < -0.4 is 0 Å². The van der Waals surface area contributed by atoms with Crippen LogP contribution >= 0.6 is 11.3 Å². The van der Waals surface area contributed by atoms with E-state index in [0.717, 1.165) is 57.7 Å². The van der Waals surface area contributed by atoms with Crippen LogP contribution in [0.4, 0.5) is 0 Å². The van der Waals surface area contributed by atoms with Crippen LogP contribution in [0.5, 0.6) is 0 Å². The van der Waals surface area contributed by atoms with Crippen LogP contribution in [0.25, 0.3) is 0 Å². The van der Waals surface area contributed by atoms with E-state index in [9.17, 15) is 4.79 Å². The molecular weight excluding hydrogens is 324 g/mol. The molecule has 0 N–H and O–H groups in total. The molecule has 2 saturated heterocycles. The first-order valence-corrected chi connectivity index (χ1v) is 9.71. The van der Waals surface area contributed by atoms with Crippen molar-refractivity contribution < 1.29 is 14.3 Å². The van der Waals surface area contributed by atoms with Gasteiger partial charge in [0.05, 0.1) is 24.9 Å². The van der Waals surface area contributed by atoms with Crippen molar-refractivity contribution in [2.24, 2.45) is 5.41 Å². The summed E-state index contributed by atoms with van der Waals surface area (Å²) in [5, 5.41) is 3.90. The SMILES string of the molecule is CN(C)CCOC[C@@]12CCCO[C@@H]1CCN(C(=O)c1ccsc1)C2. The average molecular weight is 352 g/mol. The largest absolute Gasteiger partial charge is 0.379 e. The number of likely N-dealkylation sites (tertiary alicyclic amines) is 1. The number of nitrogens with zero attached hydrogens (tertiary/aromatic N) is 2. The average Bonchev–Trinajstić information content (AvgIpc) is 3.12. The van der Waals surface area contributed by atoms with Crippen molar-refractivity contribution in [3.05, 3.63) is 22.4 Å². The maximum Gasteiger partial charge on any atom is 0.254 e. The lowest BCUT2D eigenvalue weighted by atomic mass is 9.73. The molecule has 3 heterocycles. The number of likely N-dealkylation sites (N-methyl/N-ethyl adjacent to an activating group) is 1. The van der Waals surface area contributed by atoms with E-state index < -0.39 is 0 Å². The lowest BCUT2D eigenvalue weighted by Crippen LogP contribution is -2.58. The second-order valence-corrected chi connectivity index (χ2v) is 7.99. The summed E-state index contributed by atoms with van der Waals surface area (Å²) in [5.74, 6) is 0.146. The Balaban J connectivity index is 1.66. The first-order valence-electron chi connectivity index (χ1n) is 8.76. The molecule has 6 heteroatoms. The van der Waals surface area contributed by atoms with Crippen molar-refractivity contribution >= 4 is 17.2 Å². The van der Waals surface area contributed by atoms with Crippen LogP contribution in [0.15, 0.2) is 16.8 Å². The third kappa shape index (κ3) is 3.99. The van der Waals surface area contributed by atoms with E-state index in [2.05, 4.69) is 19.0 Å². The highest BCUT2D eigenvalue weighted by Gasteiger charge is 2.47. The van der Waals surface area contributed by atoms with Gasteiger partial charge in [-0.1, -0.05) is 0 Å². The summed E-state index contributed by atoms with van der Waals surface area (Å²) in [4.78, 5) is 16.9. The van der Waals surface area contributed by atoms with Crippen molar-refractivity contribution in [2.75, 3.05) is 53.6 Å². The molecule has 0 spiro atoms. The highest BCUT2D eigenvalue weighted by Crippen LogP contribution is 2.40. The van der Waals surface area contributed by atoms with Crippen LogP contribution in [-0.2, 0) is 9.47 Å². The molecule has 1 aromatic rings. The molecule has 3 rings (SSSR count). The zero-order valence-electron chi connectivity index (χ0n) is 14.7. The lowest BCUT2D eigenvalue weighted by Gasteiger charge is -2.50. The fourth-order valence-electron chi connectivity index (χ4n) is 3.77. The number of carbonyl (C=O) groups excluding carboxylic acids is 1. The smallest absolute Gasteiger partial charge is 0.254 e. The Hall–Kier alpha value is -0.950. The minimum absolute atomic E-state index is 0.0471. The predicted molar refractivity (Wildman–Crippen MR) is 95.6 cm³/mol. The molecular formula is C18H28N2O3S.